The van der Waals surface area contributed by atoms with Crippen molar-refractivity contribution in [2.45, 2.75) is 39.0 Å². The number of hydrogen-bond donors (Lipinski definition) is 1. The summed E-state index contributed by atoms with van der Waals surface area (Å²) in [5, 5.41) is 9.51. The van der Waals surface area contributed by atoms with Gasteiger partial charge in [0.15, 0.2) is 23.3 Å². The molecule has 2 rings (SSSR count). The van der Waals surface area contributed by atoms with Crippen molar-refractivity contribution in [1.82, 2.24) is 0 Å². The van der Waals surface area contributed by atoms with Crippen LogP contribution in [0.4, 0.5) is 17.6 Å². The van der Waals surface area contributed by atoms with Gasteiger partial charge in [0.05, 0.1) is 0 Å². The van der Waals surface area contributed by atoms with Crippen molar-refractivity contribution < 1.29 is 22.7 Å². The SMILES string of the molecule is CC1CCC(C(CO)Cc2cc(F)c(F)c(F)c2F)CC1. The molecule has 0 radical (unpaired) electrons. The van der Waals surface area contributed by atoms with E-state index in [2.05, 4.69) is 6.92 Å². The van der Waals surface area contributed by atoms with Crippen LogP contribution in [-0.4, -0.2) is 11.7 Å². The predicted octanol–water partition coefficient (Wildman–Crippen LogP) is 4.22. The highest BCUT2D eigenvalue weighted by Gasteiger charge is 2.28. The Bertz CT molecular complexity index is 496. The van der Waals surface area contributed by atoms with Crippen LogP contribution in [0.15, 0.2) is 6.07 Å². The van der Waals surface area contributed by atoms with Gasteiger partial charge in [0, 0.05) is 6.61 Å². The normalized spacial score (nSPS) is 24.1. The molecular formula is C16H20F4O. The van der Waals surface area contributed by atoms with E-state index in [4.69, 9.17) is 0 Å². The molecule has 0 amide bonds. The molecule has 0 spiro atoms. The fraction of sp³-hybridized carbons (Fsp3) is 0.625. The molecule has 1 fully saturated rings. The molecule has 1 nitrogen and oxygen atoms in total. The Morgan fingerprint density at radius 1 is 1.05 bits per heavy atom. The van der Waals surface area contributed by atoms with Gasteiger partial charge in [-0.2, -0.15) is 0 Å². The molecule has 1 aromatic carbocycles. The fourth-order valence-electron chi connectivity index (χ4n) is 3.19. The third-order valence-corrected chi connectivity index (χ3v) is 4.62. The molecule has 1 N–H and O–H groups in total. The van der Waals surface area contributed by atoms with Gasteiger partial charge in [0.1, 0.15) is 0 Å². The highest BCUT2D eigenvalue weighted by Crippen LogP contribution is 2.35. The number of hydrogen-bond acceptors (Lipinski definition) is 1. The number of rotatable bonds is 4. The maximum absolute atomic E-state index is 13.7. The molecule has 118 valence electrons. The Labute approximate surface area is 122 Å². The number of benzene rings is 1. The minimum absolute atomic E-state index is 0.0233. The average molecular weight is 304 g/mol. The number of aliphatic hydroxyl groups is 1. The summed E-state index contributed by atoms with van der Waals surface area (Å²) >= 11 is 0. The first-order valence-electron chi connectivity index (χ1n) is 7.36. The van der Waals surface area contributed by atoms with E-state index in [-0.39, 0.29) is 30.4 Å². The van der Waals surface area contributed by atoms with Gasteiger partial charge >= 0.3 is 0 Å². The summed E-state index contributed by atoms with van der Waals surface area (Å²) in [7, 11) is 0. The lowest BCUT2D eigenvalue weighted by atomic mass is 9.74. The van der Waals surface area contributed by atoms with Gasteiger partial charge in [-0.05, 0) is 48.6 Å². The quantitative estimate of drug-likeness (QED) is 0.501. The minimum Gasteiger partial charge on any atom is -0.396 e. The Kier molecular flexibility index (Phi) is 5.25. The van der Waals surface area contributed by atoms with Crippen molar-refractivity contribution in [3.8, 4) is 0 Å². The molecule has 1 aromatic rings. The Balaban J connectivity index is 2.15. The summed E-state index contributed by atoms with van der Waals surface area (Å²) in [6, 6.07) is 0.696. The van der Waals surface area contributed by atoms with Gasteiger partial charge in [0.2, 0.25) is 0 Å². The summed E-state index contributed by atoms with van der Waals surface area (Å²) in [4.78, 5) is 0. The lowest BCUT2D eigenvalue weighted by Gasteiger charge is -2.32. The summed E-state index contributed by atoms with van der Waals surface area (Å²) in [6.07, 6.45) is 3.93. The Morgan fingerprint density at radius 3 is 2.24 bits per heavy atom. The molecule has 1 aliphatic carbocycles. The lowest BCUT2D eigenvalue weighted by molar-refractivity contribution is 0.133. The molecule has 0 heterocycles. The summed E-state index contributed by atoms with van der Waals surface area (Å²) in [6.45, 7) is 1.99. The molecule has 1 aliphatic rings. The zero-order chi connectivity index (χ0) is 15.6. The van der Waals surface area contributed by atoms with E-state index in [1.54, 1.807) is 0 Å². The highest BCUT2D eigenvalue weighted by atomic mass is 19.2. The fourth-order valence-corrected chi connectivity index (χ4v) is 3.19. The zero-order valence-electron chi connectivity index (χ0n) is 12.0. The van der Waals surface area contributed by atoms with Crippen LogP contribution in [0.5, 0.6) is 0 Å². The van der Waals surface area contributed by atoms with E-state index in [0.29, 0.717) is 12.0 Å². The summed E-state index contributed by atoms with van der Waals surface area (Å²) in [5.74, 6) is -5.72. The molecule has 0 bridgehead atoms. The van der Waals surface area contributed by atoms with Crippen molar-refractivity contribution >= 4 is 0 Å². The third kappa shape index (κ3) is 3.57. The molecule has 0 aromatic heterocycles. The largest absolute Gasteiger partial charge is 0.396 e. The third-order valence-electron chi connectivity index (χ3n) is 4.62. The van der Waals surface area contributed by atoms with Gasteiger partial charge < -0.3 is 5.11 Å². The van der Waals surface area contributed by atoms with Crippen LogP contribution in [0.2, 0.25) is 0 Å². The maximum atomic E-state index is 13.7. The van der Waals surface area contributed by atoms with E-state index in [1.165, 1.54) is 0 Å². The maximum Gasteiger partial charge on any atom is 0.197 e. The van der Waals surface area contributed by atoms with E-state index in [0.717, 1.165) is 25.7 Å². The van der Waals surface area contributed by atoms with E-state index < -0.39 is 23.3 Å². The van der Waals surface area contributed by atoms with Crippen LogP contribution < -0.4 is 0 Å². The molecule has 1 unspecified atom stereocenters. The van der Waals surface area contributed by atoms with E-state index in [9.17, 15) is 22.7 Å². The molecule has 5 heteroatoms. The smallest absolute Gasteiger partial charge is 0.197 e. The Morgan fingerprint density at radius 2 is 1.67 bits per heavy atom. The zero-order valence-corrected chi connectivity index (χ0v) is 12.0. The van der Waals surface area contributed by atoms with Gasteiger partial charge in [0.25, 0.3) is 0 Å². The molecule has 1 saturated carbocycles. The second-order valence-corrected chi connectivity index (χ2v) is 6.13. The predicted molar refractivity (Wildman–Crippen MR) is 71.7 cm³/mol. The van der Waals surface area contributed by atoms with Crippen LogP contribution in [0.25, 0.3) is 0 Å². The van der Waals surface area contributed by atoms with Gasteiger partial charge in [-0.1, -0.05) is 19.8 Å². The standard InChI is InChI=1S/C16H20F4O/c1-9-2-4-10(5-3-9)12(8-21)6-11-7-13(17)15(19)16(20)14(11)18/h7,9-10,12,21H,2-6,8H2,1H3. The first-order chi connectivity index (χ1) is 9.93. The van der Waals surface area contributed by atoms with Crippen molar-refractivity contribution in [1.29, 1.82) is 0 Å². The van der Waals surface area contributed by atoms with Crippen LogP contribution in [-0.2, 0) is 6.42 Å². The van der Waals surface area contributed by atoms with Gasteiger partial charge in [-0.3, -0.25) is 0 Å². The number of halogens is 4. The Hall–Kier alpha value is -1.10. The molecule has 1 atom stereocenters. The van der Waals surface area contributed by atoms with Crippen molar-refractivity contribution in [2.75, 3.05) is 6.61 Å². The molecular weight excluding hydrogens is 284 g/mol. The van der Waals surface area contributed by atoms with Crippen LogP contribution >= 0.6 is 0 Å². The van der Waals surface area contributed by atoms with Crippen molar-refractivity contribution in [3.05, 3.63) is 34.9 Å². The van der Waals surface area contributed by atoms with Gasteiger partial charge in [-0.25, -0.2) is 17.6 Å². The monoisotopic (exact) mass is 304 g/mol. The van der Waals surface area contributed by atoms with E-state index >= 15 is 0 Å². The average Bonchev–Trinajstić information content (AvgIpc) is 2.48. The van der Waals surface area contributed by atoms with E-state index in [1.807, 2.05) is 0 Å². The second kappa shape index (κ2) is 6.77. The molecule has 0 aliphatic heterocycles. The second-order valence-electron chi connectivity index (χ2n) is 6.13. The minimum atomic E-state index is -1.79. The summed E-state index contributed by atoms with van der Waals surface area (Å²) in [5.41, 5.74) is -0.205. The lowest BCUT2D eigenvalue weighted by Crippen LogP contribution is -2.26. The first-order valence-corrected chi connectivity index (χ1v) is 7.36. The van der Waals surface area contributed by atoms with Gasteiger partial charge in [-0.15, -0.1) is 0 Å². The summed E-state index contributed by atoms with van der Waals surface area (Å²) < 4.78 is 53.1. The number of aliphatic hydroxyl groups excluding tert-OH is 1. The van der Waals surface area contributed by atoms with Crippen molar-refractivity contribution in [2.24, 2.45) is 17.8 Å². The van der Waals surface area contributed by atoms with Crippen LogP contribution in [0.1, 0.15) is 38.2 Å². The molecule has 21 heavy (non-hydrogen) atoms. The van der Waals surface area contributed by atoms with Crippen molar-refractivity contribution in [3.63, 3.8) is 0 Å². The first kappa shape index (κ1) is 16.3. The van der Waals surface area contributed by atoms with Crippen LogP contribution in [0.3, 0.4) is 0 Å². The topological polar surface area (TPSA) is 20.2 Å². The highest BCUT2D eigenvalue weighted by molar-refractivity contribution is 5.22. The molecule has 0 saturated heterocycles. The van der Waals surface area contributed by atoms with Crippen LogP contribution in [0, 0.1) is 41.0 Å².